The van der Waals surface area contributed by atoms with Gasteiger partial charge in [0.25, 0.3) is 11.6 Å². The first-order valence-electron chi connectivity index (χ1n) is 5.85. The van der Waals surface area contributed by atoms with E-state index in [-0.39, 0.29) is 34.6 Å². The number of nitriles is 1. The maximum atomic E-state index is 12.0. The average Bonchev–Trinajstić information content (AvgIpc) is 2.46. The number of carbonyl (C=O) groups excluding carboxylic acids is 1. The Hall–Kier alpha value is -3.21. The molecular weight excluding hydrogens is 276 g/mol. The molecule has 0 atom stereocenters. The van der Waals surface area contributed by atoms with Gasteiger partial charge in [0.15, 0.2) is 0 Å². The molecular formula is C13H10N4O4. The number of nitro groups is 1. The second-order valence-electron chi connectivity index (χ2n) is 4.27. The molecule has 0 fully saturated rings. The zero-order valence-electron chi connectivity index (χ0n) is 11.0. The number of aromatic nitrogens is 1. The third-order valence-electron chi connectivity index (χ3n) is 2.88. The summed E-state index contributed by atoms with van der Waals surface area (Å²) < 4.78 is 0. The van der Waals surface area contributed by atoms with Gasteiger partial charge in [0.2, 0.25) is 0 Å². The van der Waals surface area contributed by atoms with E-state index in [0.717, 1.165) is 11.0 Å². The van der Waals surface area contributed by atoms with E-state index in [1.54, 1.807) is 0 Å². The molecule has 0 aliphatic heterocycles. The van der Waals surface area contributed by atoms with Crippen LogP contribution in [-0.4, -0.2) is 39.4 Å². The Morgan fingerprint density at radius 3 is 2.81 bits per heavy atom. The minimum absolute atomic E-state index is 0.00366. The molecule has 1 N–H and O–H groups in total. The zero-order chi connectivity index (χ0) is 15.6. The molecule has 0 aliphatic rings. The molecule has 0 saturated carbocycles. The standard InChI is InChI=1S/C13H10N4O4/c1-16(7-6-14)13(19)9-3-2-8-10(17(20)21)4-5-11(18)12(8)15-9/h2-5,18H,7H2,1H3. The van der Waals surface area contributed by atoms with E-state index in [1.807, 2.05) is 6.07 Å². The van der Waals surface area contributed by atoms with Crippen LogP contribution >= 0.6 is 0 Å². The summed E-state index contributed by atoms with van der Waals surface area (Å²) in [5, 5.41) is 29.4. The zero-order valence-corrected chi connectivity index (χ0v) is 11.0. The highest BCUT2D eigenvalue weighted by Gasteiger charge is 2.19. The fourth-order valence-electron chi connectivity index (χ4n) is 1.84. The largest absolute Gasteiger partial charge is 0.506 e. The van der Waals surface area contributed by atoms with Crippen molar-refractivity contribution in [2.45, 2.75) is 0 Å². The first-order valence-corrected chi connectivity index (χ1v) is 5.85. The molecule has 2 rings (SSSR count). The predicted molar refractivity (Wildman–Crippen MR) is 72.6 cm³/mol. The number of phenols is 1. The van der Waals surface area contributed by atoms with Crippen molar-refractivity contribution in [1.29, 1.82) is 5.26 Å². The molecule has 0 saturated heterocycles. The maximum absolute atomic E-state index is 12.0. The number of rotatable bonds is 3. The number of carbonyl (C=O) groups is 1. The molecule has 0 aliphatic carbocycles. The van der Waals surface area contributed by atoms with Crippen molar-refractivity contribution in [2.75, 3.05) is 13.6 Å². The van der Waals surface area contributed by atoms with Gasteiger partial charge in [-0.05, 0) is 18.2 Å². The van der Waals surface area contributed by atoms with Gasteiger partial charge in [-0.3, -0.25) is 14.9 Å². The third kappa shape index (κ3) is 2.57. The molecule has 8 heteroatoms. The third-order valence-corrected chi connectivity index (χ3v) is 2.88. The summed E-state index contributed by atoms with van der Waals surface area (Å²) in [6, 6.07) is 6.83. The van der Waals surface area contributed by atoms with Gasteiger partial charge >= 0.3 is 0 Å². The van der Waals surface area contributed by atoms with E-state index in [0.29, 0.717) is 0 Å². The number of non-ortho nitro benzene ring substituents is 1. The summed E-state index contributed by atoms with van der Waals surface area (Å²) in [4.78, 5) is 27.5. The summed E-state index contributed by atoms with van der Waals surface area (Å²) in [7, 11) is 1.44. The van der Waals surface area contributed by atoms with Crippen molar-refractivity contribution in [2.24, 2.45) is 0 Å². The number of phenolic OH excluding ortho intramolecular Hbond substituents is 1. The van der Waals surface area contributed by atoms with Crippen LogP contribution in [0.3, 0.4) is 0 Å². The van der Waals surface area contributed by atoms with Gasteiger partial charge in [0.05, 0.1) is 16.4 Å². The van der Waals surface area contributed by atoms with Gasteiger partial charge in [0, 0.05) is 13.1 Å². The van der Waals surface area contributed by atoms with Crippen LogP contribution in [0.4, 0.5) is 5.69 Å². The van der Waals surface area contributed by atoms with Gasteiger partial charge in [-0.2, -0.15) is 5.26 Å². The Kier molecular flexibility index (Phi) is 3.67. The minimum Gasteiger partial charge on any atom is -0.506 e. The molecule has 0 bridgehead atoms. The van der Waals surface area contributed by atoms with E-state index in [2.05, 4.69) is 4.98 Å². The molecule has 8 nitrogen and oxygen atoms in total. The normalized spacial score (nSPS) is 10.1. The highest BCUT2D eigenvalue weighted by molar-refractivity contribution is 5.98. The molecule has 106 valence electrons. The van der Waals surface area contributed by atoms with Crippen molar-refractivity contribution in [3.8, 4) is 11.8 Å². The molecule has 1 heterocycles. The number of aromatic hydroxyl groups is 1. The Morgan fingerprint density at radius 1 is 1.48 bits per heavy atom. The van der Waals surface area contributed by atoms with E-state index >= 15 is 0 Å². The van der Waals surface area contributed by atoms with Crippen molar-refractivity contribution >= 4 is 22.5 Å². The topological polar surface area (TPSA) is 120 Å². The monoisotopic (exact) mass is 286 g/mol. The van der Waals surface area contributed by atoms with E-state index in [9.17, 15) is 20.0 Å². The molecule has 1 aromatic heterocycles. The van der Waals surface area contributed by atoms with Crippen molar-refractivity contribution in [3.63, 3.8) is 0 Å². The minimum atomic E-state index is -0.591. The number of pyridine rings is 1. The first-order chi connectivity index (χ1) is 9.95. The summed E-state index contributed by atoms with van der Waals surface area (Å²) in [5.74, 6) is -0.766. The fourth-order valence-corrected chi connectivity index (χ4v) is 1.84. The number of amides is 1. The van der Waals surface area contributed by atoms with Gasteiger partial charge in [-0.15, -0.1) is 0 Å². The number of nitrogens with zero attached hydrogens (tertiary/aromatic N) is 4. The summed E-state index contributed by atoms with van der Waals surface area (Å²) in [6.07, 6.45) is 0. The lowest BCUT2D eigenvalue weighted by Crippen LogP contribution is -2.27. The summed E-state index contributed by atoms with van der Waals surface area (Å²) in [6.45, 7) is -0.112. The molecule has 1 aromatic carbocycles. The van der Waals surface area contributed by atoms with Crippen LogP contribution < -0.4 is 0 Å². The summed E-state index contributed by atoms with van der Waals surface area (Å²) >= 11 is 0. The highest BCUT2D eigenvalue weighted by atomic mass is 16.6. The molecule has 0 unspecified atom stereocenters. The van der Waals surface area contributed by atoms with Crippen LogP contribution in [0.15, 0.2) is 24.3 Å². The highest BCUT2D eigenvalue weighted by Crippen LogP contribution is 2.31. The van der Waals surface area contributed by atoms with Crippen LogP contribution in [0, 0.1) is 21.4 Å². The number of hydrogen-bond donors (Lipinski definition) is 1. The lowest BCUT2D eigenvalue weighted by molar-refractivity contribution is -0.383. The van der Waals surface area contributed by atoms with Crippen LogP contribution in [0.25, 0.3) is 10.9 Å². The molecule has 0 radical (unpaired) electrons. The molecule has 21 heavy (non-hydrogen) atoms. The number of fused-ring (bicyclic) bond motifs is 1. The molecule has 1 amide bonds. The van der Waals surface area contributed by atoms with Crippen LogP contribution in [-0.2, 0) is 0 Å². The van der Waals surface area contributed by atoms with Gasteiger partial charge < -0.3 is 10.0 Å². The number of nitro benzene ring substituents is 1. The summed E-state index contributed by atoms with van der Waals surface area (Å²) in [5.41, 5.74) is -0.240. The quantitative estimate of drug-likeness (QED) is 0.517. The predicted octanol–water partition coefficient (Wildman–Crippen LogP) is 1.44. The van der Waals surface area contributed by atoms with Gasteiger partial charge in [-0.1, -0.05) is 0 Å². The van der Waals surface area contributed by atoms with Crippen LogP contribution in [0.2, 0.25) is 0 Å². The van der Waals surface area contributed by atoms with Crippen molar-refractivity contribution < 1.29 is 14.8 Å². The Labute approximate surface area is 119 Å². The Morgan fingerprint density at radius 2 is 2.19 bits per heavy atom. The maximum Gasteiger partial charge on any atom is 0.279 e. The number of hydrogen-bond acceptors (Lipinski definition) is 6. The lowest BCUT2D eigenvalue weighted by Gasteiger charge is -2.12. The lowest BCUT2D eigenvalue weighted by atomic mass is 10.1. The fraction of sp³-hybridized carbons (Fsp3) is 0.154. The average molecular weight is 286 g/mol. The Bertz CT molecular complexity index is 782. The smallest absolute Gasteiger partial charge is 0.279 e. The number of benzene rings is 1. The van der Waals surface area contributed by atoms with Gasteiger partial charge in [-0.25, -0.2) is 4.98 Å². The molecule has 0 spiro atoms. The second kappa shape index (κ2) is 5.42. The van der Waals surface area contributed by atoms with E-state index in [1.165, 1.54) is 25.2 Å². The van der Waals surface area contributed by atoms with Crippen LogP contribution in [0.5, 0.6) is 5.75 Å². The van der Waals surface area contributed by atoms with E-state index in [4.69, 9.17) is 5.26 Å². The van der Waals surface area contributed by atoms with Crippen LogP contribution in [0.1, 0.15) is 10.5 Å². The van der Waals surface area contributed by atoms with Crippen molar-refractivity contribution in [3.05, 3.63) is 40.1 Å². The SMILES string of the molecule is CN(CC#N)C(=O)c1ccc2c([N+](=O)[O-])ccc(O)c2n1. The van der Waals surface area contributed by atoms with Crippen molar-refractivity contribution in [1.82, 2.24) is 9.88 Å². The Balaban J connectivity index is 2.57. The molecule has 2 aromatic rings. The van der Waals surface area contributed by atoms with Gasteiger partial charge in [0.1, 0.15) is 23.5 Å². The second-order valence-corrected chi connectivity index (χ2v) is 4.27. The van der Waals surface area contributed by atoms with E-state index < -0.39 is 10.8 Å². The first kappa shape index (κ1) is 14.2.